The molecule has 50 heavy (non-hydrogen) atoms. The summed E-state index contributed by atoms with van der Waals surface area (Å²) < 4.78 is 68.7. The van der Waals surface area contributed by atoms with E-state index >= 15 is 13.2 Å². The van der Waals surface area contributed by atoms with E-state index in [4.69, 9.17) is 18.9 Å². The molecular formula is C39H33F3O8. The fourth-order valence-corrected chi connectivity index (χ4v) is 6.35. The number of esters is 3. The van der Waals surface area contributed by atoms with Gasteiger partial charge in [-0.1, -0.05) is 84.9 Å². The van der Waals surface area contributed by atoms with E-state index < -0.39 is 73.5 Å². The summed E-state index contributed by atoms with van der Waals surface area (Å²) >= 11 is 0. The third-order valence-corrected chi connectivity index (χ3v) is 8.75. The number of carbonyl (C=O) groups excluding carboxylic acids is 3. The molecule has 6 atom stereocenters. The molecule has 0 saturated carbocycles. The molecule has 0 aromatic heterocycles. The molecule has 8 nitrogen and oxygen atoms in total. The van der Waals surface area contributed by atoms with Crippen LogP contribution in [-0.4, -0.2) is 66.3 Å². The van der Waals surface area contributed by atoms with Gasteiger partial charge in [-0.25, -0.2) is 14.4 Å². The van der Waals surface area contributed by atoms with Crippen LogP contribution in [0.25, 0.3) is 5.57 Å². The number of hydrogen-bond acceptors (Lipinski definition) is 8. The Kier molecular flexibility index (Phi) is 10.4. The monoisotopic (exact) mass is 686 g/mol. The van der Waals surface area contributed by atoms with Gasteiger partial charge in [0.1, 0.15) is 18.6 Å². The van der Waals surface area contributed by atoms with Gasteiger partial charge in [-0.15, -0.1) is 0 Å². The highest BCUT2D eigenvalue weighted by Crippen LogP contribution is 2.44. The Hall–Kier alpha value is -5.26. The number of alkyl halides is 3. The van der Waals surface area contributed by atoms with Crippen LogP contribution in [0.5, 0.6) is 0 Å². The molecule has 0 amide bonds. The molecular weight excluding hydrogens is 653 g/mol. The van der Waals surface area contributed by atoms with Crippen molar-refractivity contribution in [2.45, 2.75) is 49.5 Å². The highest BCUT2D eigenvalue weighted by molar-refractivity contribution is 5.91. The summed E-state index contributed by atoms with van der Waals surface area (Å²) in [6.07, 6.45) is -12.2. The predicted molar refractivity (Wildman–Crippen MR) is 175 cm³/mol. The standard InChI is InChI=1S/C39H33F3O8/c40-39(41,42)33-31(22-30(43)29-21-20-24-12-10-11-19-28(24)29)48-32(23-47-36(44)25-13-4-1-5-14-25)34(49-37(45)26-15-6-2-7-16-26)35(33)50-38(46)27-17-8-3-9-18-27/h1-19,21,30-35,43H,20,22-23H2. The van der Waals surface area contributed by atoms with Crippen molar-refractivity contribution in [2.24, 2.45) is 5.92 Å². The molecule has 1 aliphatic heterocycles. The van der Waals surface area contributed by atoms with Crippen LogP contribution >= 0.6 is 0 Å². The highest BCUT2D eigenvalue weighted by Gasteiger charge is 2.61. The van der Waals surface area contributed by atoms with Gasteiger partial charge in [0.25, 0.3) is 0 Å². The molecule has 11 heteroatoms. The molecule has 1 heterocycles. The molecule has 0 bridgehead atoms. The summed E-state index contributed by atoms with van der Waals surface area (Å²) in [6.45, 7) is -0.664. The third-order valence-electron chi connectivity index (χ3n) is 8.75. The summed E-state index contributed by atoms with van der Waals surface area (Å²) in [6, 6.07) is 30.1. The van der Waals surface area contributed by atoms with Crippen molar-refractivity contribution >= 4 is 23.5 Å². The van der Waals surface area contributed by atoms with Crippen LogP contribution in [0.4, 0.5) is 13.2 Å². The number of ether oxygens (including phenoxy) is 4. The number of allylic oxidation sites excluding steroid dienone is 1. The Morgan fingerprint density at radius 3 is 1.76 bits per heavy atom. The van der Waals surface area contributed by atoms with E-state index in [-0.39, 0.29) is 16.7 Å². The maximum atomic E-state index is 15.3. The SMILES string of the molecule is O=C(OCC1OC(CC(O)C2=CCc3ccccc32)C(C(F)(F)F)C(OC(=O)c2ccccc2)C1OC(=O)c1ccccc1)c1ccccc1. The van der Waals surface area contributed by atoms with Gasteiger partial charge in [0.2, 0.25) is 0 Å². The summed E-state index contributed by atoms with van der Waals surface area (Å²) in [5, 5.41) is 11.4. The number of fused-ring (bicyclic) bond motifs is 1. The average molecular weight is 687 g/mol. The van der Waals surface area contributed by atoms with E-state index in [2.05, 4.69) is 0 Å². The van der Waals surface area contributed by atoms with Crippen LogP contribution < -0.4 is 0 Å². The summed E-state index contributed by atoms with van der Waals surface area (Å²) in [7, 11) is 0. The summed E-state index contributed by atoms with van der Waals surface area (Å²) in [4.78, 5) is 39.7. The zero-order valence-corrected chi connectivity index (χ0v) is 26.6. The Bertz CT molecular complexity index is 1830. The number of hydrogen-bond donors (Lipinski definition) is 1. The number of carbonyl (C=O) groups is 3. The van der Waals surface area contributed by atoms with Gasteiger partial charge in [0.15, 0.2) is 12.2 Å². The molecule has 6 unspecified atom stereocenters. The zero-order chi connectivity index (χ0) is 35.3. The maximum Gasteiger partial charge on any atom is 0.398 e. The first-order valence-electron chi connectivity index (χ1n) is 16.0. The first-order chi connectivity index (χ1) is 24.1. The fraction of sp³-hybridized carbons (Fsp3) is 0.256. The molecule has 1 fully saturated rings. The lowest BCUT2D eigenvalue weighted by atomic mass is 9.82. The van der Waals surface area contributed by atoms with Crippen LogP contribution in [0.2, 0.25) is 0 Å². The highest BCUT2D eigenvalue weighted by atomic mass is 19.4. The lowest BCUT2D eigenvalue weighted by molar-refractivity contribution is -0.293. The van der Waals surface area contributed by atoms with E-state index in [1.165, 1.54) is 48.5 Å². The number of aliphatic hydroxyl groups is 1. The van der Waals surface area contributed by atoms with Crippen molar-refractivity contribution < 1.29 is 51.6 Å². The van der Waals surface area contributed by atoms with Crippen molar-refractivity contribution in [1.29, 1.82) is 0 Å². The Balaban J connectivity index is 1.38. The van der Waals surface area contributed by atoms with Gasteiger partial charge in [0.05, 0.1) is 28.9 Å². The second-order valence-corrected chi connectivity index (χ2v) is 12.0. The minimum atomic E-state index is -5.07. The molecule has 4 aromatic carbocycles. The molecule has 4 aromatic rings. The van der Waals surface area contributed by atoms with Crippen LogP contribution in [0.15, 0.2) is 121 Å². The van der Waals surface area contributed by atoms with Crippen LogP contribution in [0.1, 0.15) is 48.6 Å². The van der Waals surface area contributed by atoms with Gasteiger partial charge >= 0.3 is 24.1 Å². The topological polar surface area (TPSA) is 108 Å². The molecule has 6 rings (SSSR count). The maximum absolute atomic E-state index is 15.3. The predicted octanol–water partition coefficient (Wildman–Crippen LogP) is 6.63. The largest absolute Gasteiger partial charge is 0.459 e. The molecule has 1 N–H and O–H groups in total. The van der Waals surface area contributed by atoms with E-state index in [1.807, 2.05) is 12.1 Å². The first-order valence-corrected chi connectivity index (χ1v) is 16.0. The van der Waals surface area contributed by atoms with Gasteiger partial charge < -0.3 is 24.1 Å². The minimum absolute atomic E-state index is 0.0219. The smallest absolute Gasteiger partial charge is 0.398 e. The van der Waals surface area contributed by atoms with Crippen LogP contribution in [-0.2, 0) is 25.4 Å². The van der Waals surface area contributed by atoms with Gasteiger partial charge in [-0.2, -0.15) is 13.2 Å². The number of aliphatic hydroxyl groups excluding tert-OH is 1. The van der Waals surface area contributed by atoms with Gasteiger partial charge in [0, 0.05) is 6.42 Å². The Labute approximate surface area is 286 Å². The molecule has 2 aliphatic rings. The van der Waals surface area contributed by atoms with Crippen molar-refractivity contribution in [3.8, 4) is 0 Å². The normalized spacial score (nSPS) is 22.1. The van der Waals surface area contributed by atoms with E-state index in [1.54, 1.807) is 60.7 Å². The van der Waals surface area contributed by atoms with E-state index in [0.29, 0.717) is 17.6 Å². The molecule has 1 aliphatic carbocycles. The van der Waals surface area contributed by atoms with Crippen molar-refractivity contribution in [2.75, 3.05) is 6.61 Å². The number of benzene rings is 4. The Morgan fingerprint density at radius 2 is 1.20 bits per heavy atom. The van der Waals surface area contributed by atoms with Crippen molar-refractivity contribution in [1.82, 2.24) is 0 Å². The lowest BCUT2D eigenvalue weighted by Gasteiger charge is -2.46. The lowest BCUT2D eigenvalue weighted by Crippen LogP contribution is -2.62. The first kappa shape index (κ1) is 34.6. The minimum Gasteiger partial charge on any atom is -0.459 e. The third kappa shape index (κ3) is 7.79. The fourth-order valence-electron chi connectivity index (χ4n) is 6.35. The van der Waals surface area contributed by atoms with E-state index in [0.717, 1.165) is 5.56 Å². The number of rotatable bonds is 10. The molecule has 0 radical (unpaired) electrons. The zero-order valence-electron chi connectivity index (χ0n) is 26.6. The average Bonchev–Trinajstić information content (AvgIpc) is 3.57. The summed E-state index contributed by atoms with van der Waals surface area (Å²) in [5.41, 5.74) is 2.20. The number of halogens is 3. The van der Waals surface area contributed by atoms with E-state index in [9.17, 15) is 19.5 Å². The Morgan fingerprint density at radius 1 is 0.700 bits per heavy atom. The van der Waals surface area contributed by atoms with Crippen LogP contribution in [0, 0.1) is 5.92 Å². The van der Waals surface area contributed by atoms with Gasteiger partial charge in [-0.05, 0) is 59.5 Å². The molecule has 0 spiro atoms. The molecule has 1 saturated heterocycles. The van der Waals surface area contributed by atoms with Crippen LogP contribution in [0.3, 0.4) is 0 Å². The quantitative estimate of drug-likeness (QED) is 0.146. The van der Waals surface area contributed by atoms with Gasteiger partial charge in [-0.3, -0.25) is 0 Å². The van der Waals surface area contributed by atoms with Crippen molar-refractivity contribution in [3.05, 3.63) is 149 Å². The second-order valence-electron chi connectivity index (χ2n) is 12.0. The summed E-state index contributed by atoms with van der Waals surface area (Å²) in [5.74, 6) is -5.47. The molecule has 258 valence electrons. The second kappa shape index (κ2) is 15.1. The van der Waals surface area contributed by atoms with Crippen molar-refractivity contribution in [3.63, 3.8) is 0 Å².